The van der Waals surface area contributed by atoms with E-state index in [0.717, 1.165) is 22.2 Å². The third kappa shape index (κ3) is 3.20. The second-order valence-electron chi connectivity index (χ2n) is 5.66. The van der Waals surface area contributed by atoms with Gasteiger partial charge in [0.25, 0.3) is 5.91 Å². The van der Waals surface area contributed by atoms with Gasteiger partial charge in [0.1, 0.15) is 5.75 Å². The number of carbonyl (C=O) groups excluding carboxylic acids is 1. The summed E-state index contributed by atoms with van der Waals surface area (Å²) in [6, 6.07) is 11.2. The third-order valence-corrected chi connectivity index (χ3v) is 3.99. The molecule has 24 heavy (non-hydrogen) atoms. The molecule has 0 fully saturated rings. The molecule has 1 N–H and O–H groups in total. The standard InChI is InChI=1S/C19H19N3O2/c1-12(15-5-4-8-20-11-15)22-19(23)17-9-14-6-7-16(24-3)10-18(14)21-13(17)2/h4-12H,1-3H3,(H,22,23). The van der Waals surface area contributed by atoms with Gasteiger partial charge < -0.3 is 10.1 Å². The van der Waals surface area contributed by atoms with Crippen LogP contribution in [0.4, 0.5) is 0 Å². The lowest BCUT2D eigenvalue weighted by molar-refractivity contribution is 0.0939. The highest BCUT2D eigenvalue weighted by atomic mass is 16.5. The Balaban J connectivity index is 1.88. The molecule has 1 amide bonds. The fourth-order valence-electron chi connectivity index (χ4n) is 2.59. The predicted molar refractivity (Wildman–Crippen MR) is 93.2 cm³/mol. The topological polar surface area (TPSA) is 64.1 Å². The first kappa shape index (κ1) is 15.9. The number of aromatic nitrogens is 2. The molecular weight excluding hydrogens is 302 g/mol. The van der Waals surface area contributed by atoms with E-state index in [1.807, 2.05) is 50.2 Å². The van der Waals surface area contributed by atoms with Gasteiger partial charge in [0, 0.05) is 23.8 Å². The van der Waals surface area contributed by atoms with Crippen LogP contribution in [0.2, 0.25) is 0 Å². The van der Waals surface area contributed by atoms with Crippen molar-refractivity contribution < 1.29 is 9.53 Å². The number of pyridine rings is 2. The van der Waals surface area contributed by atoms with Crippen LogP contribution in [0.1, 0.15) is 34.6 Å². The summed E-state index contributed by atoms with van der Waals surface area (Å²) in [6.45, 7) is 3.77. The minimum absolute atomic E-state index is 0.128. The van der Waals surface area contributed by atoms with Gasteiger partial charge in [-0.3, -0.25) is 14.8 Å². The molecule has 0 aliphatic rings. The maximum Gasteiger partial charge on any atom is 0.253 e. The molecule has 0 spiro atoms. The number of ether oxygens (including phenoxy) is 1. The van der Waals surface area contributed by atoms with Crippen LogP contribution in [0.25, 0.3) is 10.9 Å². The first-order valence-electron chi connectivity index (χ1n) is 7.74. The Morgan fingerprint density at radius 2 is 2.08 bits per heavy atom. The second-order valence-corrected chi connectivity index (χ2v) is 5.66. The van der Waals surface area contributed by atoms with Gasteiger partial charge in [-0.15, -0.1) is 0 Å². The molecule has 3 rings (SSSR count). The van der Waals surface area contributed by atoms with E-state index in [2.05, 4.69) is 15.3 Å². The van der Waals surface area contributed by atoms with Crippen molar-refractivity contribution in [2.75, 3.05) is 7.11 Å². The average molecular weight is 321 g/mol. The van der Waals surface area contributed by atoms with Crippen molar-refractivity contribution in [3.05, 3.63) is 65.6 Å². The van der Waals surface area contributed by atoms with Crippen molar-refractivity contribution in [1.29, 1.82) is 0 Å². The molecule has 2 aromatic heterocycles. The number of fused-ring (bicyclic) bond motifs is 1. The van der Waals surface area contributed by atoms with Gasteiger partial charge in [-0.1, -0.05) is 6.07 Å². The fraction of sp³-hybridized carbons (Fsp3) is 0.211. The summed E-state index contributed by atoms with van der Waals surface area (Å²) in [4.78, 5) is 21.2. The molecule has 5 nitrogen and oxygen atoms in total. The molecular formula is C19H19N3O2. The SMILES string of the molecule is COc1ccc2cc(C(=O)NC(C)c3cccnc3)c(C)nc2c1. The summed E-state index contributed by atoms with van der Waals surface area (Å²) in [5.74, 6) is 0.603. The maximum atomic E-state index is 12.6. The van der Waals surface area contributed by atoms with E-state index in [9.17, 15) is 4.79 Å². The number of methoxy groups -OCH3 is 1. The van der Waals surface area contributed by atoms with Gasteiger partial charge in [-0.05, 0) is 43.7 Å². The Hall–Kier alpha value is -2.95. The quantitative estimate of drug-likeness (QED) is 0.799. The average Bonchev–Trinajstić information content (AvgIpc) is 2.61. The predicted octanol–water partition coefficient (Wildman–Crippen LogP) is 3.44. The fourth-order valence-corrected chi connectivity index (χ4v) is 2.59. The first-order valence-corrected chi connectivity index (χ1v) is 7.74. The minimum atomic E-state index is -0.144. The molecule has 1 atom stereocenters. The van der Waals surface area contributed by atoms with Crippen molar-refractivity contribution in [2.45, 2.75) is 19.9 Å². The summed E-state index contributed by atoms with van der Waals surface area (Å²) in [6.07, 6.45) is 3.46. The molecule has 0 saturated heterocycles. The molecule has 0 aliphatic carbocycles. The number of benzene rings is 1. The number of carbonyl (C=O) groups is 1. The van der Waals surface area contributed by atoms with Crippen LogP contribution >= 0.6 is 0 Å². The number of nitrogens with one attached hydrogen (secondary N) is 1. The van der Waals surface area contributed by atoms with Crippen molar-refractivity contribution in [2.24, 2.45) is 0 Å². The van der Waals surface area contributed by atoms with Crippen molar-refractivity contribution in [3.8, 4) is 5.75 Å². The van der Waals surface area contributed by atoms with Crippen LogP contribution in [0, 0.1) is 6.92 Å². The molecule has 3 aromatic rings. The highest BCUT2D eigenvalue weighted by molar-refractivity contribution is 5.99. The van der Waals surface area contributed by atoms with Crippen LogP contribution in [0.15, 0.2) is 48.8 Å². The molecule has 122 valence electrons. The number of hydrogen-bond acceptors (Lipinski definition) is 4. The summed E-state index contributed by atoms with van der Waals surface area (Å²) in [5, 5.41) is 3.90. The van der Waals surface area contributed by atoms with Gasteiger partial charge in [-0.2, -0.15) is 0 Å². The number of amides is 1. The van der Waals surface area contributed by atoms with E-state index in [1.165, 1.54) is 0 Å². The van der Waals surface area contributed by atoms with Gasteiger partial charge in [0.15, 0.2) is 0 Å². The Labute approximate surface area is 140 Å². The van der Waals surface area contributed by atoms with Crippen LogP contribution in [-0.2, 0) is 0 Å². The van der Waals surface area contributed by atoms with Gasteiger partial charge >= 0.3 is 0 Å². The van der Waals surface area contributed by atoms with E-state index in [0.29, 0.717) is 11.3 Å². The van der Waals surface area contributed by atoms with Crippen LogP contribution in [0.5, 0.6) is 5.75 Å². The van der Waals surface area contributed by atoms with Crippen molar-refractivity contribution >= 4 is 16.8 Å². The van der Waals surface area contributed by atoms with Crippen LogP contribution in [-0.4, -0.2) is 23.0 Å². The van der Waals surface area contributed by atoms with E-state index in [4.69, 9.17) is 4.74 Å². The summed E-state index contributed by atoms with van der Waals surface area (Å²) >= 11 is 0. The monoisotopic (exact) mass is 321 g/mol. The zero-order valence-electron chi connectivity index (χ0n) is 13.9. The molecule has 2 heterocycles. The number of nitrogens with zero attached hydrogens (tertiary/aromatic N) is 2. The maximum absolute atomic E-state index is 12.6. The Kier molecular flexibility index (Phi) is 4.42. The summed E-state index contributed by atoms with van der Waals surface area (Å²) < 4.78 is 5.22. The number of rotatable bonds is 4. The Morgan fingerprint density at radius 1 is 1.25 bits per heavy atom. The van der Waals surface area contributed by atoms with Gasteiger partial charge in [0.2, 0.25) is 0 Å². The molecule has 0 aliphatic heterocycles. The second kappa shape index (κ2) is 6.66. The van der Waals surface area contributed by atoms with E-state index >= 15 is 0 Å². The lowest BCUT2D eigenvalue weighted by atomic mass is 10.1. The molecule has 0 bridgehead atoms. The van der Waals surface area contributed by atoms with Crippen LogP contribution < -0.4 is 10.1 Å². The van der Waals surface area contributed by atoms with Crippen molar-refractivity contribution in [3.63, 3.8) is 0 Å². The summed E-state index contributed by atoms with van der Waals surface area (Å²) in [5.41, 5.74) is 3.03. The third-order valence-electron chi connectivity index (χ3n) is 3.99. The molecule has 0 saturated carbocycles. The number of hydrogen-bond donors (Lipinski definition) is 1. The first-order chi connectivity index (χ1) is 11.6. The number of aryl methyl sites for hydroxylation is 1. The van der Waals surface area contributed by atoms with Crippen molar-refractivity contribution in [1.82, 2.24) is 15.3 Å². The molecule has 5 heteroatoms. The van der Waals surface area contributed by atoms with Crippen LogP contribution in [0.3, 0.4) is 0 Å². The Morgan fingerprint density at radius 3 is 2.79 bits per heavy atom. The lowest BCUT2D eigenvalue weighted by Crippen LogP contribution is -2.27. The molecule has 1 aromatic carbocycles. The van der Waals surface area contributed by atoms with E-state index in [1.54, 1.807) is 19.5 Å². The zero-order valence-corrected chi connectivity index (χ0v) is 13.9. The molecule has 1 unspecified atom stereocenters. The lowest BCUT2D eigenvalue weighted by Gasteiger charge is -2.15. The molecule has 0 radical (unpaired) electrons. The largest absolute Gasteiger partial charge is 0.497 e. The smallest absolute Gasteiger partial charge is 0.253 e. The highest BCUT2D eigenvalue weighted by Gasteiger charge is 2.15. The normalized spacial score (nSPS) is 12.0. The van der Waals surface area contributed by atoms with E-state index < -0.39 is 0 Å². The highest BCUT2D eigenvalue weighted by Crippen LogP contribution is 2.22. The summed E-state index contributed by atoms with van der Waals surface area (Å²) in [7, 11) is 1.62. The van der Waals surface area contributed by atoms with Gasteiger partial charge in [0.05, 0.1) is 29.9 Å². The minimum Gasteiger partial charge on any atom is -0.497 e. The Bertz CT molecular complexity index is 878. The van der Waals surface area contributed by atoms with Gasteiger partial charge in [-0.25, -0.2) is 0 Å². The van der Waals surface area contributed by atoms with E-state index in [-0.39, 0.29) is 11.9 Å². The zero-order chi connectivity index (χ0) is 17.1.